The van der Waals surface area contributed by atoms with E-state index < -0.39 is 0 Å². The first-order chi connectivity index (χ1) is 12.6. The highest BCUT2D eigenvalue weighted by molar-refractivity contribution is 5.82. The van der Waals surface area contributed by atoms with Crippen molar-refractivity contribution in [1.29, 1.82) is 0 Å². The Morgan fingerprint density at radius 2 is 1.88 bits per heavy atom. The van der Waals surface area contributed by atoms with Crippen LogP contribution >= 0.6 is 0 Å². The van der Waals surface area contributed by atoms with Gasteiger partial charge in [-0.2, -0.15) is 4.73 Å². The highest BCUT2D eigenvalue weighted by Crippen LogP contribution is 2.24. The van der Waals surface area contributed by atoms with Gasteiger partial charge in [0.15, 0.2) is 6.20 Å². The number of imidazole rings is 1. The number of H-pyrrole nitrogens is 1. The fourth-order valence-corrected chi connectivity index (χ4v) is 3.01. The Hall–Kier alpha value is -3.54. The smallest absolute Gasteiger partial charge is 0.326 e. The normalized spacial score (nSPS) is 11.0. The minimum atomic E-state index is -0.158. The van der Waals surface area contributed by atoms with Crippen LogP contribution in [-0.4, -0.2) is 9.55 Å². The van der Waals surface area contributed by atoms with Gasteiger partial charge in [-0.05, 0) is 29.3 Å². The van der Waals surface area contributed by atoms with Gasteiger partial charge in [0.25, 0.3) is 0 Å². The molecule has 0 aliphatic rings. The Morgan fingerprint density at radius 1 is 1.08 bits per heavy atom. The molecule has 4 aromatic rings. The van der Waals surface area contributed by atoms with E-state index in [-0.39, 0.29) is 5.69 Å². The maximum Gasteiger partial charge on any atom is 0.326 e. The van der Waals surface area contributed by atoms with Crippen molar-refractivity contribution in [2.24, 2.45) is 7.05 Å². The number of anilines is 1. The number of hydrogen-bond donors (Lipinski definition) is 2. The lowest BCUT2D eigenvalue weighted by atomic mass is 10.1. The largest absolute Gasteiger partial charge is 0.619 e. The average Bonchev–Trinajstić information content (AvgIpc) is 2.94. The third-order valence-electron chi connectivity index (χ3n) is 4.42. The van der Waals surface area contributed by atoms with E-state index in [0.717, 1.165) is 38.1 Å². The highest BCUT2D eigenvalue weighted by Gasteiger charge is 2.09. The van der Waals surface area contributed by atoms with Crippen molar-refractivity contribution in [2.75, 3.05) is 5.32 Å². The van der Waals surface area contributed by atoms with Crippen molar-refractivity contribution in [3.05, 3.63) is 88.2 Å². The molecule has 2 aromatic carbocycles. The van der Waals surface area contributed by atoms with Crippen LogP contribution in [0.25, 0.3) is 22.2 Å². The summed E-state index contributed by atoms with van der Waals surface area (Å²) >= 11 is 0. The third-order valence-corrected chi connectivity index (χ3v) is 4.42. The second kappa shape index (κ2) is 6.40. The van der Waals surface area contributed by atoms with Gasteiger partial charge in [0, 0.05) is 19.2 Å². The van der Waals surface area contributed by atoms with Crippen molar-refractivity contribution in [3.63, 3.8) is 0 Å². The second-order valence-electron chi connectivity index (χ2n) is 6.23. The summed E-state index contributed by atoms with van der Waals surface area (Å²) in [5.74, 6) is 0. The Morgan fingerprint density at radius 3 is 2.69 bits per heavy atom. The van der Waals surface area contributed by atoms with Gasteiger partial charge in [-0.1, -0.05) is 36.4 Å². The molecule has 0 saturated heterocycles. The van der Waals surface area contributed by atoms with Gasteiger partial charge in [0.1, 0.15) is 5.69 Å². The van der Waals surface area contributed by atoms with E-state index in [1.165, 1.54) is 12.4 Å². The van der Waals surface area contributed by atoms with Crippen LogP contribution in [0.15, 0.2) is 71.8 Å². The number of aryl methyl sites for hydroxylation is 1. The third kappa shape index (κ3) is 3.04. The molecule has 0 aliphatic carbocycles. The lowest BCUT2D eigenvalue weighted by Crippen LogP contribution is -2.25. The van der Waals surface area contributed by atoms with Gasteiger partial charge in [-0.3, -0.25) is 4.57 Å². The maximum atomic E-state index is 12.0. The molecule has 0 amide bonds. The molecule has 2 aromatic heterocycles. The number of aromatic nitrogens is 3. The standard InChI is InChI=1S/C20H18N4O2/c1-23-19-10-15(7-8-18(19)22-20(23)25)16-9-17(13-24(26)12-16)21-11-14-5-3-2-4-6-14/h2-10,12-13,21H,11H2,1H3,(H,22,25). The number of pyridine rings is 1. The van der Waals surface area contributed by atoms with Crippen LogP contribution in [0.5, 0.6) is 0 Å². The summed E-state index contributed by atoms with van der Waals surface area (Å²) in [7, 11) is 1.72. The van der Waals surface area contributed by atoms with Gasteiger partial charge in [-0.15, -0.1) is 0 Å². The molecular weight excluding hydrogens is 328 g/mol. The van der Waals surface area contributed by atoms with E-state index in [0.29, 0.717) is 6.54 Å². The number of nitrogens with zero attached hydrogens (tertiary/aromatic N) is 2. The summed E-state index contributed by atoms with van der Waals surface area (Å²) in [6.07, 6.45) is 3.04. The van der Waals surface area contributed by atoms with Gasteiger partial charge in [-0.25, -0.2) is 4.79 Å². The van der Waals surface area contributed by atoms with Gasteiger partial charge in [0.2, 0.25) is 6.20 Å². The number of hydrogen-bond acceptors (Lipinski definition) is 3. The van der Waals surface area contributed by atoms with Crippen molar-refractivity contribution >= 4 is 16.7 Å². The van der Waals surface area contributed by atoms with Gasteiger partial charge in [0.05, 0.1) is 11.0 Å². The van der Waals surface area contributed by atoms with Crippen molar-refractivity contribution in [2.45, 2.75) is 6.54 Å². The zero-order chi connectivity index (χ0) is 18.1. The maximum absolute atomic E-state index is 12.0. The Kier molecular flexibility index (Phi) is 3.93. The van der Waals surface area contributed by atoms with Crippen LogP contribution < -0.4 is 15.7 Å². The lowest BCUT2D eigenvalue weighted by Gasteiger charge is -2.09. The van der Waals surface area contributed by atoms with Crippen LogP contribution in [0.4, 0.5) is 5.69 Å². The Bertz CT molecular complexity index is 1130. The van der Waals surface area contributed by atoms with Crippen LogP contribution in [0, 0.1) is 5.21 Å². The molecular formula is C20H18N4O2. The second-order valence-corrected chi connectivity index (χ2v) is 6.23. The number of rotatable bonds is 4. The molecule has 2 N–H and O–H groups in total. The Balaban J connectivity index is 1.67. The molecule has 2 heterocycles. The highest BCUT2D eigenvalue weighted by atomic mass is 16.5. The first-order valence-electron chi connectivity index (χ1n) is 8.31. The molecule has 0 bridgehead atoms. The number of benzene rings is 2. The van der Waals surface area contributed by atoms with Crippen molar-refractivity contribution in [3.8, 4) is 11.1 Å². The lowest BCUT2D eigenvalue weighted by molar-refractivity contribution is -0.604. The number of fused-ring (bicyclic) bond motifs is 1. The average molecular weight is 346 g/mol. The fourth-order valence-electron chi connectivity index (χ4n) is 3.01. The van der Waals surface area contributed by atoms with E-state index in [9.17, 15) is 10.0 Å². The molecule has 0 atom stereocenters. The topological polar surface area (TPSA) is 76.8 Å². The van der Waals surface area contributed by atoms with Crippen molar-refractivity contribution in [1.82, 2.24) is 9.55 Å². The molecule has 0 unspecified atom stereocenters. The number of aromatic amines is 1. The summed E-state index contributed by atoms with van der Waals surface area (Å²) in [5.41, 5.74) is 4.95. The number of nitrogens with one attached hydrogen (secondary N) is 2. The minimum absolute atomic E-state index is 0.158. The van der Waals surface area contributed by atoms with E-state index in [1.54, 1.807) is 11.6 Å². The summed E-state index contributed by atoms with van der Waals surface area (Å²) in [6, 6.07) is 17.6. The van der Waals surface area contributed by atoms with E-state index >= 15 is 0 Å². The molecule has 130 valence electrons. The van der Waals surface area contributed by atoms with Gasteiger partial charge < -0.3 is 15.5 Å². The summed E-state index contributed by atoms with van der Waals surface area (Å²) in [6.45, 7) is 0.635. The predicted molar refractivity (Wildman–Crippen MR) is 102 cm³/mol. The zero-order valence-electron chi connectivity index (χ0n) is 14.3. The van der Waals surface area contributed by atoms with Crippen LogP contribution in [-0.2, 0) is 13.6 Å². The molecule has 0 radical (unpaired) electrons. The molecule has 26 heavy (non-hydrogen) atoms. The molecule has 6 heteroatoms. The molecule has 0 spiro atoms. The fraction of sp³-hybridized carbons (Fsp3) is 0.100. The first kappa shape index (κ1) is 16.0. The SMILES string of the molecule is Cn1c(=O)[nH]c2ccc(-c3cc(NCc4ccccc4)c[n+]([O-])c3)cc21. The Labute approximate surface area is 149 Å². The molecule has 4 rings (SSSR count). The summed E-state index contributed by atoms with van der Waals surface area (Å²) in [5, 5.41) is 15.3. The molecule has 6 nitrogen and oxygen atoms in total. The van der Waals surface area contributed by atoms with E-state index in [1.807, 2.05) is 54.6 Å². The predicted octanol–water partition coefficient (Wildman–Crippen LogP) is 2.78. The molecule has 0 fully saturated rings. The monoisotopic (exact) mass is 346 g/mol. The van der Waals surface area contributed by atoms with E-state index in [2.05, 4.69) is 10.3 Å². The first-order valence-corrected chi connectivity index (χ1v) is 8.31. The van der Waals surface area contributed by atoms with Gasteiger partial charge >= 0.3 is 5.69 Å². The van der Waals surface area contributed by atoms with Crippen LogP contribution in [0.1, 0.15) is 5.56 Å². The molecule has 0 aliphatic heterocycles. The van der Waals surface area contributed by atoms with Crippen LogP contribution in [0.2, 0.25) is 0 Å². The quantitative estimate of drug-likeness (QED) is 0.441. The van der Waals surface area contributed by atoms with Crippen LogP contribution in [0.3, 0.4) is 0 Å². The van der Waals surface area contributed by atoms with Crippen molar-refractivity contribution < 1.29 is 4.73 Å². The van der Waals surface area contributed by atoms with E-state index in [4.69, 9.17) is 0 Å². The zero-order valence-corrected chi connectivity index (χ0v) is 14.3. The minimum Gasteiger partial charge on any atom is -0.619 e. The summed E-state index contributed by atoms with van der Waals surface area (Å²) < 4.78 is 2.35. The molecule has 0 saturated carbocycles. The summed E-state index contributed by atoms with van der Waals surface area (Å²) in [4.78, 5) is 14.6.